The van der Waals surface area contributed by atoms with Gasteiger partial charge in [0, 0.05) is 24.3 Å². The molecule has 0 atom stereocenters. The van der Waals surface area contributed by atoms with Crippen LogP contribution >= 0.6 is 0 Å². The highest BCUT2D eigenvalue weighted by molar-refractivity contribution is 6.02. The molecule has 13 nitrogen and oxygen atoms in total. The Bertz CT molecular complexity index is 1880. The van der Waals surface area contributed by atoms with Crippen LogP contribution in [-0.2, 0) is 0 Å². The fourth-order valence-corrected chi connectivity index (χ4v) is 5.92. The molecule has 2 aliphatic rings. The number of para-hydroxylation sites is 1. The van der Waals surface area contributed by atoms with Crippen LogP contribution in [0.25, 0.3) is 22.3 Å². The molecule has 7 rings (SSSR count). The van der Waals surface area contributed by atoms with Crippen molar-refractivity contribution in [2.24, 2.45) is 0 Å². The molecule has 4 heterocycles. The lowest BCUT2D eigenvalue weighted by Gasteiger charge is -2.51. The van der Waals surface area contributed by atoms with Crippen molar-refractivity contribution in [3.8, 4) is 22.8 Å². The van der Waals surface area contributed by atoms with Crippen LogP contribution in [0.3, 0.4) is 0 Å². The maximum atomic E-state index is 11.6. The van der Waals surface area contributed by atoms with Crippen molar-refractivity contribution in [2.45, 2.75) is 18.9 Å². The molecule has 0 bridgehead atoms. The number of aromatic nitrogens is 4. The Morgan fingerprint density at radius 1 is 0.822 bits per heavy atom. The summed E-state index contributed by atoms with van der Waals surface area (Å²) in [7, 11) is 0. The SMILES string of the molecule is Nc1ncnc2c1c(-c1ccc(Oc3ccccc3)cc1)nn2C1CCN(N2CN(c3ccc(C(=O)O)c(C(=O)O)c3)C2)CC1. The lowest BCUT2D eigenvalue weighted by atomic mass is 10.1. The van der Waals surface area contributed by atoms with Crippen molar-refractivity contribution in [2.75, 3.05) is 37.1 Å². The van der Waals surface area contributed by atoms with E-state index in [0.29, 0.717) is 30.5 Å². The van der Waals surface area contributed by atoms with Gasteiger partial charge in [-0.1, -0.05) is 18.2 Å². The van der Waals surface area contributed by atoms with E-state index in [4.69, 9.17) is 15.6 Å². The number of rotatable bonds is 8. The van der Waals surface area contributed by atoms with Crippen molar-refractivity contribution in [3.63, 3.8) is 0 Å². The molecular weight excluding hydrogens is 576 g/mol. The van der Waals surface area contributed by atoms with Crippen LogP contribution < -0.4 is 15.4 Å². The smallest absolute Gasteiger partial charge is 0.336 e. The van der Waals surface area contributed by atoms with Crippen LogP contribution in [0, 0.1) is 0 Å². The summed E-state index contributed by atoms with van der Waals surface area (Å²) < 4.78 is 7.93. The topological polar surface area (TPSA) is 163 Å². The Balaban J connectivity index is 1.04. The number of hydrazine groups is 1. The van der Waals surface area contributed by atoms with Crippen LogP contribution in [0.5, 0.6) is 11.5 Å². The Labute approximate surface area is 257 Å². The first-order chi connectivity index (χ1) is 21.9. The Hall–Kier alpha value is -5.53. The first-order valence-corrected chi connectivity index (χ1v) is 14.5. The summed E-state index contributed by atoms with van der Waals surface area (Å²) in [4.78, 5) is 33.8. The Morgan fingerprint density at radius 3 is 2.20 bits per heavy atom. The van der Waals surface area contributed by atoms with Gasteiger partial charge >= 0.3 is 11.9 Å². The van der Waals surface area contributed by atoms with Crippen LogP contribution in [0.4, 0.5) is 11.5 Å². The monoisotopic (exact) mass is 606 g/mol. The van der Waals surface area contributed by atoms with Gasteiger partial charge in [0.05, 0.1) is 35.9 Å². The lowest BCUT2D eigenvalue weighted by molar-refractivity contribution is -0.0875. The number of nitrogen functional groups attached to an aromatic ring is 1. The van der Waals surface area contributed by atoms with Gasteiger partial charge in [0.1, 0.15) is 29.3 Å². The third-order valence-electron chi connectivity index (χ3n) is 8.31. The van der Waals surface area contributed by atoms with Crippen LogP contribution in [0.1, 0.15) is 39.6 Å². The molecule has 0 radical (unpaired) electrons. The largest absolute Gasteiger partial charge is 0.478 e. The summed E-state index contributed by atoms with van der Waals surface area (Å²) in [5, 5.41) is 29.0. The number of ether oxygens (including phenoxy) is 1. The predicted molar refractivity (Wildman–Crippen MR) is 166 cm³/mol. The molecular formula is C32H30N8O5. The van der Waals surface area contributed by atoms with E-state index in [-0.39, 0.29) is 17.2 Å². The average Bonchev–Trinajstić information content (AvgIpc) is 3.42. The van der Waals surface area contributed by atoms with Crippen molar-refractivity contribution >= 4 is 34.5 Å². The number of carbonyl (C=O) groups is 2. The normalized spacial score (nSPS) is 16.0. The van der Waals surface area contributed by atoms with E-state index < -0.39 is 11.9 Å². The number of benzene rings is 3. The van der Waals surface area contributed by atoms with E-state index in [1.807, 2.05) is 64.2 Å². The molecule has 45 heavy (non-hydrogen) atoms. The second-order valence-corrected chi connectivity index (χ2v) is 11.0. The third-order valence-corrected chi connectivity index (χ3v) is 8.31. The number of hydrogen-bond donors (Lipinski definition) is 3. The summed E-state index contributed by atoms with van der Waals surface area (Å²) in [6.45, 7) is 2.77. The summed E-state index contributed by atoms with van der Waals surface area (Å²) in [6, 6.07) is 21.9. The zero-order valence-electron chi connectivity index (χ0n) is 24.2. The molecule has 2 aromatic heterocycles. The fourth-order valence-electron chi connectivity index (χ4n) is 5.92. The Morgan fingerprint density at radius 2 is 1.51 bits per heavy atom. The first-order valence-electron chi connectivity index (χ1n) is 14.5. The lowest BCUT2D eigenvalue weighted by Crippen LogP contribution is -2.63. The van der Waals surface area contributed by atoms with E-state index in [0.717, 1.165) is 54.1 Å². The average molecular weight is 607 g/mol. The van der Waals surface area contributed by atoms with Crippen LogP contribution in [0.2, 0.25) is 0 Å². The number of aromatic carboxylic acids is 2. The highest BCUT2D eigenvalue weighted by atomic mass is 16.5. The highest BCUT2D eigenvalue weighted by Gasteiger charge is 2.34. The summed E-state index contributed by atoms with van der Waals surface area (Å²) in [5.74, 6) is -0.661. The number of fused-ring (bicyclic) bond motifs is 1. The van der Waals surface area contributed by atoms with E-state index >= 15 is 0 Å². The van der Waals surface area contributed by atoms with Crippen molar-refractivity contribution in [3.05, 3.63) is 90.3 Å². The van der Waals surface area contributed by atoms with Gasteiger partial charge in [-0.2, -0.15) is 5.10 Å². The first kappa shape index (κ1) is 28.3. The minimum absolute atomic E-state index is 0.117. The molecule has 0 amide bonds. The van der Waals surface area contributed by atoms with E-state index in [2.05, 4.69) is 20.0 Å². The molecule has 0 spiro atoms. The second kappa shape index (κ2) is 11.5. The Kier molecular flexibility index (Phi) is 7.23. The number of nitrogens with zero attached hydrogens (tertiary/aromatic N) is 7. The van der Waals surface area contributed by atoms with Gasteiger partial charge in [0.2, 0.25) is 0 Å². The summed E-state index contributed by atoms with van der Waals surface area (Å²) >= 11 is 0. The molecule has 13 heteroatoms. The van der Waals surface area contributed by atoms with Crippen molar-refractivity contribution in [1.29, 1.82) is 0 Å². The van der Waals surface area contributed by atoms with Gasteiger partial charge in [-0.15, -0.1) is 0 Å². The summed E-state index contributed by atoms with van der Waals surface area (Å²) in [5.41, 5.74) is 8.92. The minimum atomic E-state index is -1.26. The number of carboxylic acids is 2. The standard InChI is InChI=1S/C32H30N8O5/c33-29-27-28(20-6-9-24(10-7-20)45-23-4-2-1-3-5-23)36-40(30(27)35-17-34-29)21-12-14-38(15-13-21)39-18-37(19-39)22-8-11-25(31(41)42)26(16-22)32(43)44/h1-11,16-17,21H,12-15,18-19H2,(H,41,42)(H,43,44)(H2,33,34,35). The van der Waals surface area contributed by atoms with Gasteiger partial charge < -0.3 is 25.6 Å². The van der Waals surface area contributed by atoms with E-state index in [1.54, 1.807) is 6.07 Å². The van der Waals surface area contributed by atoms with E-state index in [1.165, 1.54) is 18.5 Å². The zero-order valence-corrected chi connectivity index (χ0v) is 24.2. The molecule has 3 aromatic carbocycles. The molecule has 2 fully saturated rings. The molecule has 4 N–H and O–H groups in total. The van der Waals surface area contributed by atoms with Crippen molar-refractivity contribution < 1.29 is 24.5 Å². The van der Waals surface area contributed by atoms with Gasteiger partial charge in [-0.3, -0.25) is 0 Å². The number of anilines is 2. The highest BCUT2D eigenvalue weighted by Crippen LogP contribution is 2.36. The maximum Gasteiger partial charge on any atom is 0.336 e. The van der Waals surface area contributed by atoms with Crippen LogP contribution in [-0.4, -0.2) is 78.3 Å². The number of hydrogen-bond acceptors (Lipinski definition) is 10. The van der Waals surface area contributed by atoms with E-state index in [9.17, 15) is 19.8 Å². The number of carboxylic acid groups (broad SMARTS) is 2. The quantitative estimate of drug-likeness (QED) is 0.226. The number of nitrogens with two attached hydrogens (primary N) is 1. The maximum absolute atomic E-state index is 11.6. The van der Waals surface area contributed by atoms with Gasteiger partial charge in [-0.05, 0) is 67.4 Å². The molecule has 5 aromatic rings. The molecule has 2 saturated heterocycles. The third kappa shape index (κ3) is 5.39. The van der Waals surface area contributed by atoms with Crippen molar-refractivity contribution in [1.82, 2.24) is 29.8 Å². The van der Waals surface area contributed by atoms with Gasteiger partial charge in [0.25, 0.3) is 0 Å². The minimum Gasteiger partial charge on any atom is -0.478 e. The molecule has 0 saturated carbocycles. The summed E-state index contributed by atoms with van der Waals surface area (Å²) in [6.07, 6.45) is 3.16. The van der Waals surface area contributed by atoms with Gasteiger partial charge in [-0.25, -0.2) is 34.3 Å². The van der Waals surface area contributed by atoms with Gasteiger partial charge in [0.15, 0.2) is 5.65 Å². The second-order valence-electron chi connectivity index (χ2n) is 11.0. The van der Waals surface area contributed by atoms with Crippen LogP contribution in [0.15, 0.2) is 79.1 Å². The molecule has 2 aliphatic heterocycles. The molecule has 0 aliphatic carbocycles. The number of piperidine rings is 1. The molecule has 228 valence electrons. The zero-order chi connectivity index (χ0) is 31.1. The predicted octanol–water partition coefficient (Wildman–Crippen LogP) is 4.55. The molecule has 0 unspecified atom stereocenters. The fraction of sp³-hybridized carbons (Fsp3) is 0.219.